The van der Waals surface area contributed by atoms with Gasteiger partial charge in [0.2, 0.25) is 5.91 Å². The molecule has 0 bridgehead atoms. The Morgan fingerprint density at radius 3 is 3.24 bits per heavy atom. The third-order valence-electron chi connectivity index (χ3n) is 3.33. The Morgan fingerprint density at radius 2 is 2.52 bits per heavy atom. The van der Waals surface area contributed by atoms with Gasteiger partial charge in [0.05, 0.1) is 19.3 Å². The minimum atomic E-state index is -0.0886. The van der Waals surface area contributed by atoms with Crippen LogP contribution in [0.15, 0.2) is 27.4 Å². The number of nitrogens with zero attached hydrogens (tertiary/aromatic N) is 2. The van der Waals surface area contributed by atoms with E-state index < -0.39 is 0 Å². The van der Waals surface area contributed by atoms with Gasteiger partial charge in [0, 0.05) is 19.2 Å². The average Bonchev–Trinajstić information content (AvgIpc) is 3.11. The van der Waals surface area contributed by atoms with Crippen LogP contribution in [0.3, 0.4) is 0 Å². The first-order valence-electron chi connectivity index (χ1n) is 6.80. The van der Waals surface area contributed by atoms with E-state index in [1.165, 1.54) is 5.56 Å². The normalized spacial score (nSPS) is 19.6. The zero-order chi connectivity index (χ0) is 14.7. The number of anilines is 1. The second kappa shape index (κ2) is 6.38. The van der Waals surface area contributed by atoms with Crippen molar-refractivity contribution in [2.45, 2.75) is 13.0 Å². The second-order valence-corrected chi connectivity index (χ2v) is 5.80. The van der Waals surface area contributed by atoms with Gasteiger partial charge in [-0.05, 0) is 29.3 Å². The molecule has 3 rings (SSSR count). The van der Waals surface area contributed by atoms with Crippen molar-refractivity contribution in [3.8, 4) is 0 Å². The molecule has 21 heavy (non-hydrogen) atoms. The van der Waals surface area contributed by atoms with E-state index in [-0.39, 0.29) is 12.0 Å². The number of aromatic nitrogens is 1. The molecular weight excluding hydrogens is 290 g/mol. The number of nitrogens with one attached hydrogen (secondary N) is 1. The van der Waals surface area contributed by atoms with E-state index in [9.17, 15) is 4.79 Å². The SMILES string of the molecule is Cc1cc(NC(=O)CN2CCO[C@H](c3ccsc3)C2)no1. The lowest BCUT2D eigenvalue weighted by molar-refractivity contribution is -0.119. The zero-order valence-electron chi connectivity index (χ0n) is 11.7. The summed E-state index contributed by atoms with van der Waals surface area (Å²) in [7, 11) is 0. The maximum Gasteiger partial charge on any atom is 0.239 e. The van der Waals surface area contributed by atoms with Gasteiger partial charge in [0.15, 0.2) is 5.82 Å². The van der Waals surface area contributed by atoms with Crippen LogP contribution in [-0.2, 0) is 9.53 Å². The molecule has 1 N–H and O–H groups in total. The van der Waals surface area contributed by atoms with Crippen molar-refractivity contribution >= 4 is 23.1 Å². The number of morpholine rings is 1. The predicted molar refractivity (Wildman–Crippen MR) is 79.3 cm³/mol. The van der Waals surface area contributed by atoms with Gasteiger partial charge in [-0.1, -0.05) is 5.16 Å². The molecule has 0 spiro atoms. The van der Waals surface area contributed by atoms with Crippen LogP contribution < -0.4 is 5.32 Å². The van der Waals surface area contributed by atoms with Crippen molar-refractivity contribution in [3.05, 3.63) is 34.2 Å². The molecule has 1 amide bonds. The summed E-state index contributed by atoms with van der Waals surface area (Å²) in [6.45, 7) is 4.23. The fraction of sp³-hybridized carbons (Fsp3) is 0.429. The molecule has 0 saturated carbocycles. The maximum atomic E-state index is 12.0. The minimum absolute atomic E-state index is 0.0482. The van der Waals surface area contributed by atoms with E-state index in [4.69, 9.17) is 9.26 Å². The Labute approximate surface area is 126 Å². The smallest absolute Gasteiger partial charge is 0.239 e. The molecule has 0 radical (unpaired) electrons. The molecule has 112 valence electrons. The maximum absolute atomic E-state index is 12.0. The Balaban J connectivity index is 1.53. The first-order valence-corrected chi connectivity index (χ1v) is 7.74. The number of ether oxygens (including phenoxy) is 1. The molecule has 3 heterocycles. The molecule has 1 aliphatic rings. The number of hydrogen-bond acceptors (Lipinski definition) is 6. The molecule has 2 aromatic heterocycles. The Hall–Kier alpha value is -1.70. The van der Waals surface area contributed by atoms with Gasteiger partial charge in [-0.2, -0.15) is 11.3 Å². The van der Waals surface area contributed by atoms with Gasteiger partial charge in [0.25, 0.3) is 0 Å². The zero-order valence-corrected chi connectivity index (χ0v) is 12.6. The van der Waals surface area contributed by atoms with Crippen molar-refractivity contribution in [1.29, 1.82) is 0 Å². The van der Waals surface area contributed by atoms with Crippen LogP contribution in [0.4, 0.5) is 5.82 Å². The van der Waals surface area contributed by atoms with Crippen molar-refractivity contribution in [2.75, 3.05) is 31.6 Å². The molecule has 1 fully saturated rings. The second-order valence-electron chi connectivity index (χ2n) is 5.02. The van der Waals surface area contributed by atoms with Gasteiger partial charge in [-0.25, -0.2) is 0 Å². The average molecular weight is 307 g/mol. The van der Waals surface area contributed by atoms with E-state index in [1.54, 1.807) is 24.3 Å². The van der Waals surface area contributed by atoms with E-state index in [1.807, 2.05) is 5.38 Å². The molecule has 1 aliphatic heterocycles. The number of carbonyl (C=O) groups is 1. The van der Waals surface area contributed by atoms with Crippen molar-refractivity contribution in [2.24, 2.45) is 0 Å². The summed E-state index contributed by atoms with van der Waals surface area (Å²) in [5.74, 6) is 1.05. The lowest BCUT2D eigenvalue weighted by atomic mass is 10.1. The molecule has 1 saturated heterocycles. The van der Waals surface area contributed by atoms with Crippen molar-refractivity contribution in [1.82, 2.24) is 10.1 Å². The Kier molecular flexibility index (Phi) is 4.33. The summed E-state index contributed by atoms with van der Waals surface area (Å²) in [6.07, 6.45) is 0.0482. The highest BCUT2D eigenvalue weighted by atomic mass is 32.1. The molecule has 0 aromatic carbocycles. The van der Waals surface area contributed by atoms with Gasteiger partial charge in [0.1, 0.15) is 5.76 Å². The fourth-order valence-electron chi connectivity index (χ4n) is 2.32. The van der Waals surface area contributed by atoms with E-state index >= 15 is 0 Å². The first-order chi connectivity index (χ1) is 10.2. The molecule has 1 atom stereocenters. The fourth-order valence-corrected chi connectivity index (χ4v) is 3.02. The van der Waals surface area contributed by atoms with Gasteiger partial charge < -0.3 is 14.6 Å². The van der Waals surface area contributed by atoms with Crippen LogP contribution in [0.2, 0.25) is 0 Å². The standard InChI is InChI=1S/C14H17N3O3S/c1-10-6-13(16-20-10)15-14(18)8-17-3-4-19-12(7-17)11-2-5-21-9-11/h2,5-6,9,12H,3-4,7-8H2,1H3,(H,15,16,18)/t12-/m0/s1. The lowest BCUT2D eigenvalue weighted by Gasteiger charge is -2.32. The van der Waals surface area contributed by atoms with E-state index in [0.29, 0.717) is 24.7 Å². The largest absolute Gasteiger partial charge is 0.371 e. The monoisotopic (exact) mass is 307 g/mol. The molecule has 0 unspecified atom stereocenters. The van der Waals surface area contributed by atoms with E-state index in [0.717, 1.165) is 13.1 Å². The summed E-state index contributed by atoms with van der Waals surface area (Å²) < 4.78 is 10.7. The van der Waals surface area contributed by atoms with Crippen LogP contribution in [0.25, 0.3) is 0 Å². The highest BCUT2D eigenvalue weighted by Gasteiger charge is 2.23. The molecular formula is C14H17N3O3S. The van der Waals surface area contributed by atoms with E-state index in [2.05, 4.69) is 26.8 Å². The lowest BCUT2D eigenvalue weighted by Crippen LogP contribution is -2.42. The van der Waals surface area contributed by atoms with Gasteiger partial charge in [-0.3, -0.25) is 9.69 Å². The summed E-state index contributed by atoms with van der Waals surface area (Å²) in [4.78, 5) is 14.1. The topological polar surface area (TPSA) is 67.6 Å². The summed E-state index contributed by atoms with van der Waals surface area (Å²) in [6, 6.07) is 3.77. The van der Waals surface area contributed by atoms with Crippen LogP contribution >= 0.6 is 11.3 Å². The predicted octanol–water partition coefficient (Wildman–Crippen LogP) is 2.06. The number of aryl methyl sites for hydroxylation is 1. The molecule has 2 aromatic rings. The summed E-state index contributed by atoms with van der Waals surface area (Å²) in [5, 5.41) is 10.6. The van der Waals surface area contributed by atoms with Crippen molar-refractivity contribution < 1.29 is 14.1 Å². The van der Waals surface area contributed by atoms with Crippen LogP contribution in [0.1, 0.15) is 17.4 Å². The highest BCUT2D eigenvalue weighted by Crippen LogP contribution is 2.24. The summed E-state index contributed by atoms with van der Waals surface area (Å²) >= 11 is 1.66. The van der Waals surface area contributed by atoms with Crippen LogP contribution in [0.5, 0.6) is 0 Å². The molecule has 6 nitrogen and oxygen atoms in total. The number of hydrogen-bond donors (Lipinski definition) is 1. The van der Waals surface area contributed by atoms with Gasteiger partial charge in [-0.15, -0.1) is 0 Å². The number of carbonyl (C=O) groups excluding carboxylic acids is 1. The van der Waals surface area contributed by atoms with Gasteiger partial charge >= 0.3 is 0 Å². The minimum Gasteiger partial charge on any atom is -0.371 e. The van der Waals surface area contributed by atoms with Crippen LogP contribution in [0, 0.1) is 6.92 Å². The number of rotatable bonds is 4. The Morgan fingerprint density at radius 1 is 1.62 bits per heavy atom. The molecule has 7 heteroatoms. The Bertz CT molecular complexity index is 596. The third-order valence-corrected chi connectivity index (χ3v) is 4.03. The number of amides is 1. The third kappa shape index (κ3) is 3.69. The van der Waals surface area contributed by atoms with Crippen LogP contribution in [-0.4, -0.2) is 42.2 Å². The number of thiophene rings is 1. The van der Waals surface area contributed by atoms with Crippen molar-refractivity contribution in [3.63, 3.8) is 0 Å². The quantitative estimate of drug-likeness (QED) is 0.936. The highest BCUT2D eigenvalue weighted by molar-refractivity contribution is 7.07. The molecule has 0 aliphatic carbocycles. The first kappa shape index (κ1) is 14.2. The summed E-state index contributed by atoms with van der Waals surface area (Å²) in [5.41, 5.74) is 1.18.